The number of carbonyl (C=O) groups is 1. The normalized spacial score (nSPS) is 17.2. The molecule has 3 rings (SSSR count). The molecular formula is C23H30FN3O. The molecule has 2 aromatic carbocycles. The maximum atomic E-state index is 14.0. The van der Waals surface area contributed by atoms with Gasteiger partial charge in [-0.2, -0.15) is 0 Å². The number of halogens is 1. The smallest absolute Gasteiger partial charge is 0.241 e. The van der Waals surface area contributed by atoms with Crippen LogP contribution in [0.25, 0.3) is 0 Å². The molecule has 1 saturated heterocycles. The minimum Gasteiger partial charge on any atom is -0.367 e. The van der Waals surface area contributed by atoms with E-state index in [0.29, 0.717) is 24.7 Å². The van der Waals surface area contributed by atoms with E-state index in [1.54, 1.807) is 6.07 Å². The minimum absolute atomic E-state index is 0.00935. The third kappa shape index (κ3) is 4.53. The predicted molar refractivity (Wildman–Crippen MR) is 113 cm³/mol. The molecule has 0 spiro atoms. The van der Waals surface area contributed by atoms with Gasteiger partial charge in [-0.15, -0.1) is 0 Å². The van der Waals surface area contributed by atoms with E-state index in [9.17, 15) is 9.18 Å². The SMILES string of the molecule is CCC(C)c1ccccc1NC(=O)C(C)N1CCN(c2ccccc2F)CC1. The largest absolute Gasteiger partial charge is 0.367 e. The van der Waals surface area contributed by atoms with Gasteiger partial charge in [0, 0.05) is 31.9 Å². The van der Waals surface area contributed by atoms with Gasteiger partial charge in [-0.05, 0) is 43.0 Å². The summed E-state index contributed by atoms with van der Waals surface area (Å²) in [6.07, 6.45) is 1.03. The Labute approximate surface area is 167 Å². The standard InChI is InChI=1S/C23H30FN3O/c1-4-17(2)19-9-5-7-11-21(19)25-23(28)18(3)26-13-15-27(16-14-26)22-12-8-6-10-20(22)24/h5-12,17-18H,4,13-16H2,1-3H3,(H,25,28). The molecule has 2 unspecified atom stereocenters. The molecule has 4 nitrogen and oxygen atoms in total. The quantitative estimate of drug-likeness (QED) is 0.798. The van der Waals surface area contributed by atoms with Gasteiger partial charge in [0.15, 0.2) is 0 Å². The van der Waals surface area contributed by atoms with Crippen LogP contribution in [-0.4, -0.2) is 43.0 Å². The van der Waals surface area contributed by atoms with Crippen LogP contribution in [-0.2, 0) is 4.79 Å². The lowest BCUT2D eigenvalue weighted by atomic mass is 9.97. The van der Waals surface area contributed by atoms with Crippen molar-refractivity contribution >= 4 is 17.3 Å². The van der Waals surface area contributed by atoms with Crippen LogP contribution in [0.2, 0.25) is 0 Å². The maximum Gasteiger partial charge on any atom is 0.241 e. The Kier molecular flexibility index (Phi) is 6.68. The summed E-state index contributed by atoms with van der Waals surface area (Å²) in [6.45, 7) is 9.16. The highest BCUT2D eigenvalue weighted by atomic mass is 19.1. The van der Waals surface area contributed by atoms with E-state index in [2.05, 4.69) is 35.0 Å². The van der Waals surface area contributed by atoms with E-state index in [4.69, 9.17) is 0 Å². The molecule has 0 aromatic heterocycles. The van der Waals surface area contributed by atoms with Crippen molar-refractivity contribution in [2.75, 3.05) is 36.4 Å². The summed E-state index contributed by atoms with van der Waals surface area (Å²) >= 11 is 0. The molecule has 5 heteroatoms. The summed E-state index contributed by atoms with van der Waals surface area (Å²) in [7, 11) is 0. The molecule has 2 aromatic rings. The minimum atomic E-state index is -0.229. The van der Waals surface area contributed by atoms with E-state index in [1.807, 2.05) is 37.3 Å². The van der Waals surface area contributed by atoms with Gasteiger partial charge >= 0.3 is 0 Å². The van der Waals surface area contributed by atoms with E-state index >= 15 is 0 Å². The average Bonchev–Trinajstić information content (AvgIpc) is 2.73. The van der Waals surface area contributed by atoms with Gasteiger partial charge in [-0.3, -0.25) is 9.69 Å². The van der Waals surface area contributed by atoms with E-state index in [0.717, 1.165) is 25.2 Å². The number of hydrogen-bond acceptors (Lipinski definition) is 3. The number of nitrogens with zero attached hydrogens (tertiary/aromatic N) is 2. The van der Waals surface area contributed by atoms with Crippen molar-refractivity contribution in [2.45, 2.75) is 39.2 Å². The van der Waals surface area contributed by atoms with E-state index in [1.165, 1.54) is 11.6 Å². The fourth-order valence-corrected chi connectivity index (χ4v) is 3.72. The van der Waals surface area contributed by atoms with Crippen molar-refractivity contribution in [3.8, 4) is 0 Å². The first-order valence-electron chi connectivity index (χ1n) is 10.1. The van der Waals surface area contributed by atoms with Gasteiger partial charge in [0.1, 0.15) is 5.82 Å². The fourth-order valence-electron chi connectivity index (χ4n) is 3.72. The van der Waals surface area contributed by atoms with Crippen LogP contribution in [0, 0.1) is 5.82 Å². The molecule has 0 saturated carbocycles. The molecule has 150 valence electrons. The highest BCUT2D eigenvalue weighted by Gasteiger charge is 2.27. The topological polar surface area (TPSA) is 35.6 Å². The molecule has 2 atom stereocenters. The summed E-state index contributed by atoms with van der Waals surface area (Å²) in [4.78, 5) is 17.1. The first-order valence-corrected chi connectivity index (χ1v) is 10.1. The molecule has 0 radical (unpaired) electrons. The summed E-state index contributed by atoms with van der Waals surface area (Å²) in [6, 6.07) is 14.7. The zero-order chi connectivity index (χ0) is 20.1. The second-order valence-electron chi connectivity index (χ2n) is 7.54. The van der Waals surface area contributed by atoms with Crippen molar-refractivity contribution in [1.29, 1.82) is 0 Å². The zero-order valence-corrected chi connectivity index (χ0v) is 17.0. The van der Waals surface area contributed by atoms with Gasteiger partial charge in [0.2, 0.25) is 5.91 Å². The Bertz CT molecular complexity index is 802. The molecule has 1 fully saturated rings. The van der Waals surface area contributed by atoms with Gasteiger partial charge in [-0.25, -0.2) is 4.39 Å². The van der Waals surface area contributed by atoms with Crippen LogP contribution in [0.3, 0.4) is 0 Å². The summed E-state index contributed by atoms with van der Waals surface area (Å²) < 4.78 is 14.0. The Morgan fingerprint density at radius 2 is 1.68 bits per heavy atom. The van der Waals surface area contributed by atoms with Crippen molar-refractivity contribution in [3.05, 3.63) is 59.9 Å². The molecule has 1 N–H and O–H groups in total. The van der Waals surface area contributed by atoms with Crippen molar-refractivity contribution in [3.63, 3.8) is 0 Å². The predicted octanol–water partition coefficient (Wildman–Crippen LogP) is 4.49. The first kappa shape index (κ1) is 20.3. The fraction of sp³-hybridized carbons (Fsp3) is 0.435. The van der Waals surface area contributed by atoms with Crippen molar-refractivity contribution < 1.29 is 9.18 Å². The third-order valence-electron chi connectivity index (χ3n) is 5.80. The van der Waals surface area contributed by atoms with Gasteiger partial charge in [0.25, 0.3) is 0 Å². The Hall–Kier alpha value is -2.40. The number of para-hydroxylation sites is 2. The van der Waals surface area contributed by atoms with Gasteiger partial charge in [0.05, 0.1) is 11.7 Å². The van der Waals surface area contributed by atoms with Crippen LogP contribution < -0.4 is 10.2 Å². The average molecular weight is 384 g/mol. The van der Waals surface area contributed by atoms with Gasteiger partial charge < -0.3 is 10.2 Å². The van der Waals surface area contributed by atoms with E-state index < -0.39 is 0 Å². The monoisotopic (exact) mass is 383 g/mol. The number of rotatable bonds is 6. The Balaban J connectivity index is 1.60. The first-order chi connectivity index (χ1) is 13.5. The Morgan fingerprint density at radius 1 is 1.04 bits per heavy atom. The number of carbonyl (C=O) groups excluding carboxylic acids is 1. The van der Waals surface area contributed by atoms with Crippen LogP contribution in [0.15, 0.2) is 48.5 Å². The second kappa shape index (κ2) is 9.20. The highest BCUT2D eigenvalue weighted by Crippen LogP contribution is 2.27. The van der Waals surface area contributed by atoms with Gasteiger partial charge in [-0.1, -0.05) is 44.2 Å². The molecule has 0 bridgehead atoms. The van der Waals surface area contributed by atoms with Crippen LogP contribution in [0.4, 0.5) is 15.8 Å². The maximum absolute atomic E-state index is 14.0. The second-order valence-corrected chi connectivity index (χ2v) is 7.54. The van der Waals surface area contributed by atoms with Crippen LogP contribution >= 0.6 is 0 Å². The molecule has 1 aliphatic heterocycles. The van der Waals surface area contributed by atoms with Crippen LogP contribution in [0.1, 0.15) is 38.7 Å². The summed E-state index contributed by atoms with van der Waals surface area (Å²) in [5.41, 5.74) is 2.72. The number of piperazine rings is 1. The zero-order valence-electron chi connectivity index (χ0n) is 17.0. The third-order valence-corrected chi connectivity index (χ3v) is 5.80. The number of nitrogens with one attached hydrogen (secondary N) is 1. The van der Waals surface area contributed by atoms with Crippen molar-refractivity contribution in [2.24, 2.45) is 0 Å². The Morgan fingerprint density at radius 3 is 2.36 bits per heavy atom. The lowest BCUT2D eigenvalue weighted by Crippen LogP contribution is -2.53. The molecule has 0 aliphatic carbocycles. The molecular weight excluding hydrogens is 353 g/mol. The summed E-state index contributed by atoms with van der Waals surface area (Å²) in [5.74, 6) is 0.217. The lowest BCUT2D eigenvalue weighted by Gasteiger charge is -2.38. The number of amides is 1. The highest BCUT2D eigenvalue weighted by molar-refractivity contribution is 5.95. The van der Waals surface area contributed by atoms with Crippen LogP contribution in [0.5, 0.6) is 0 Å². The van der Waals surface area contributed by atoms with E-state index in [-0.39, 0.29) is 17.8 Å². The lowest BCUT2D eigenvalue weighted by molar-refractivity contribution is -0.120. The molecule has 1 heterocycles. The number of hydrogen-bond donors (Lipinski definition) is 1. The number of anilines is 2. The molecule has 1 aliphatic rings. The molecule has 1 amide bonds. The van der Waals surface area contributed by atoms with Crippen molar-refractivity contribution in [1.82, 2.24) is 4.90 Å². The number of benzene rings is 2. The summed E-state index contributed by atoms with van der Waals surface area (Å²) in [5, 5.41) is 3.12. The molecule has 28 heavy (non-hydrogen) atoms.